The van der Waals surface area contributed by atoms with Crippen LogP contribution in [-0.2, 0) is 4.79 Å². The Morgan fingerprint density at radius 2 is 1.84 bits per heavy atom. The third-order valence-electron chi connectivity index (χ3n) is 4.20. The van der Waals surface area contributed by atoms with E-state index >= 15 is 0 Å². The van der Waals surface area contributed by atoms with Crippen LogP contribution in [-0.4, -0.2) is 53.5 Å². The highest BCUT2D eigenvalue weighted by Crippen LogP contribution is 2.15. The number of halogens is 1. The molecule has 0 saturated carbocycles. The van der Waals surface area contributed by atoms with Crippen molar-refractivity contribution in [2.75, 3.05) is 32.7 Å². The molecule has 0 aliphatic carbocycles. The Morgan fingerprint density at radius 1 is 1.12 bits per heavy atom. The summed E-state index contributed by atoms with van der Waals surface area (Å²) in [6, 6.07) is 13.3. The maximum Gasteiger partial charge on any atom is 0.246 e. The molecule has 25 heavy (non-hydrogen) atoms. The van der Waals surface area contributed by atoms with Gasteiger partial charge in [0.05, 0.1) is 6.26 Å². The van der Waals surface area contributed by atoms with Crippen molar-refractivity contribution < 1.29 is 14.3 Å². The Kier molecular flexibility index (Phi) is 7.25. The molecule has 0 bridgehead atoms. The van der Waals surface area contributed by atoms with Crippen molar-refractivity contribution in [2.24, 2.45) is 0 Å². The van der Waals surface area contributed by atoms with Crippen LogP contribution in [0.3, 0.4) is 0 Å². The number of hydrogen-bond donors (Lipinski definition) is 1. The molecule has 134 valence electrons. The number of nitrogens with zero attached hydrogens (tertiary/aromatic N) is 2. The van der Waals surface area contributed by atoms with E-state index in [9.17, 15) is 9.90 Å². The maximum absolute atomic E-state index is 12.2. The van der Waals surface area contributed by atoms with Gasteiger partial charge in [-0.15, -0.1) is 12.4 Å². The molecule has 1 unspecified atom stereocenters. The molecule has 1 aliphatic rings. The van der Waals surface area contributed by atoms with Crippen molar-refractivity contribution in [3.05, 3.63) is 66.1 Å². The summed E-state index contributed by atoms with van der Waals surface area (Å²) in [6.07, 6.45) is 4.41. The highest BCUT2D eigenvalue weighted by atomic mass is 35.5. The second-order valence-electron chi connectivity index (χ2n) is 5.90. The Balaban J connectivity index is 0.00000225. The smallest absolute Gasteiger partial charge is 0.246 e. The summed E-state index contributed by atoms with van der Waals surface area (Å²) in [5.74, 6) is 0.615. The van der Waals surface area contributed by atoms with Gasteiger partial charge in [0.2, 0.25) is 5.91 Å². The van der Waals surface area contributed by atoms with E-state index in [2.05, 4.69) is 4.90 Å². The number of hydrogen-bond acceptors (Lipinski definition) is 4. The molecule has 0 spiro atoms. The summed E-state index contributed by atoms with van der Waals surface area (Å²) >= 11 is 0. The molecule has 6 heteroatoms. The van der Waals surface area contributed by atoms with Crippen molar-refractivity contribution in [1.29, 1.82) is 0 Å². The lowest BCUT2D eigenvalue weighted by Crippen LogP contribution is -2.49. The average molecular weight is 363 g/mol. The number of amides is 1. The molecule has 5 nitrogen and oxygen atoms in total. The number of rotatable bonds is 5. The molecule has 1 aliphatic heterocycles. The highest BCUT2D eigenvalue weighted by molar-refractivity contribution is 5.91. The van der Waals surface area contributed by atoms with Crippen molar-refractivity contribution in [3.8, 4) is 0 Å². The molecule has 2 heterocycles. The van der Waals surface area contributed by atoms with Crippen LogP contribution in [0.4, 0.5) is 0 Å². The number of piperazine rings is 1. The van der Waals surface area contributed by atoms with E-state index in [1.54, 1.807) is 24.5 Å². The average Bonchev–Trinajstić information content (AvgIpc) is 3.16. The molecular weight excluding hydrogens is 340 g/mol. The zero-order valence-corrected chi connectivity index (χ0v) is 14.8. The Hall–Kier alpha value is -2.08. The quantitative estimate of drug-likeness (QED) is 0.831. The van der Waals surface area contributed by atoms with Crippen molar-refractivity contribution in [3.63, 3.8) is 0 Å². The lowest BCUT2D eigenvalue weighted by molar-refractivity contribution is -0.127. The predicted octanol–water partition coefficient (Wildman–Crippen LogP) is 2.59. The van der Waals surface area contributed by atoms with Gasteiger partial charge in [0.25, 0.3) is 0 Å². The number of β-amino-alcohol motifs (C(OH)–C–C–N with tert-alkyl or cyclic N) is 1. The zero-order valence-electron chi connectivity index (χ0n) is 14.0. The van der Waals surface area contributed by atoms with Crippen LogP contribution in [0, 0.1) is 0 Å². The molecule has 1 amide bonds. The van der Waals surface area contributed by atoms with Gasteiger partial charge in [-0.25, -0.2) is 0 Å². The minimum Gasteiger partial charge on any atom is -0.467 e. The van der Waals surface area contributed by atoms with Crippen LogP contribution in [0.25, 0.3) is 6.08 Å². The summed E-state index contributed by atoms with van der Waals surface area (Å²) in [5, 5.41) is 10.1. The summed E-state index contributed by atoms with van der Waals surface area (Å²) in [4.78, 5) is 16.2. The number of aliphatic hydroxyl groups is 1. The molecule has 1 aromatic carbocycles. The molecule has 1 aromatic heterocycles. The van der Waals surface area contributed by atoms with Gasteiger partial charge in [0.15, 0.2) is 0 Å². The van der Waals surface area contributed by atoms with E-state index in [1.807, 2.05) is 41.3 Å². The van der Waals surface area contributed by atoms with Gasteiger partial charge in [-0.2, -0.15) is 0 Å². The van der Waals surface area contributed by atoms with E-state index in [0.29, 0.717) is 25.4 Å². The summed E-state index contributed by atoms with van der Waals surface area (Å²) in [5.41, 5.74) is 1.02. The predicted molar refractivity (Wildman–Crippen MR) is 99.4 cm³/mol. The molecule has 1 atom stereocenters. The zero-order chi connectivity index (χ0) is 16.8. The van der Waals surface area contributed by atoms with Gasteiger partial charge in [0, 0.05) is 38.8 Å². The fourth-order valence-corrected chi connectivity index (χ4v) is 2.80. The summed E-state index contributed by atoms with van der Waals surface area (Å²) < 4.78 is 5.22. The van der Waals surface area contributed by atoms with Crippen LogP contribution in [0.5, 0.6) is 0 Å². The summed E-state index contributed by atoms with van der Waals surface area (Å²) in [7, 11) is 0. The second kappa shape index (κ2) is 9.42. The molecular formula is C19H23ClN2O3. The largest absolute Gasteiger partial charge is 0.467 e. The van der Waals surface area contributed by atoms with Crippen molar-refractivity contribution >= 4 is 24.4 Å². The SMILES string of the molecule is Cl.O=C(C=Cc1ccccc1)N1CCN(CC(O)c2ccco2)CC1. The number of carbonyl (C=O) groups excluding carboxylic acids is 1. The lowest BCUT2D eigenvalue weighted by atomic mass is 10.2. The topological polar surface area (TPSA) is 56.9 Å². The van der Waals surface area contributed by atoms with E-state index in [4.69, 9.17) is 4.42 Å². The molecule has 1 saturated heterocycles. The van der Waals surface area contributed by atoms with Crippen LogP contribution in [0.2, 0.25) is 0 Å². The van der Waals surface area contributed by atoms with Gasteiger partial charge in [-0.05, 0) is 23.8 Å². The van der Waals surface area contributed by atoms with E-state index in [-0.39, 0.29) is 18.3 Å². The first-order valence-electron chi connectivity index (χ1n) is 8.18. The van der Waals surface area contributed by atoms with Gasteiger partial charge in [-0.3, -0.25) is 9.69 Å². The van der Waals surface area contributed by atoms with Gasteiger partial charge >= 0.3 is 0 Å². The van der Waals surface area contributed by atoms with Crippen LogP contribution in [0.15, 0.2) is 59.2 Å². The number of furan rings is 1. The van der Waals surface area contributed by atoms with E-state index < -0.39 is 6.10 Å². The molecule has 3 rings (SSSR count). The normalized spacial score (nSPS) is 16.6. The van der Waals surface area contributed by atoms with Crippen LogP contribution < -0.4 is 0 Å². The standard InChI is InChI=1S/C19H22N2O3.ClH/c22-17(18-7-4-14-24-18)15-20-10-12-21(13-11-20)19(23)9-8-16-5-2-1-3-6-16;/h1-9,14,17,22H,10-13,15H2;1H. The highest BCUT2D eigenvalue weighted by Gasteiger charge is 2.22. The number of aliphatic hydroxyl groups excluding tert-OH is 1. The molecule has 1 N–H and O–H groups in total. The first-order valence-corrected chi connectivity index (χ1v) is 8.18. The fraction of sp³-hybridized carbons (Fsp3) is 0.316. The van der Waals surface area contributed by atoms with Crippen LogP contribution >= 0.6 is 12.4 Å². The first kappa shape index (κ1) is 19.2. The minimum absolute atomic E-state index is 0. The van der Waals surface area contributed by atoms with Gasteiger partial charge in [-0.1, -0.05) is 30.3 Å². The number of benzene rings is 1. The van der Waals surface area contributed by atoms with Crippen LogP contribution in [0.1, 0.15) is 17.4 Å². The van der Waals surface area contributed by atoms with Gasteiger partial charge in [0.1, 0.15) is 11.9 Å². The monoisotopic (exact) mass is 362 g/mol. The Bertz CT molecular complexity index is 665. The molecule has 2 aromatic rings. The van der Waals surface area contributed by atoms with Gasteiger partial charge < -0.3 is 14.4 Å². The van der Waals surface area contributed by atoms with E-state index in [1.165, 1.54) is 0 Å². The third kappa shape index (κ3) is 5.46. The maximum atomic E-state index is 12.2. The fourth-order valence-electron chi connectivity index (χ4n) is 2.80. The van der Waals surface area contributed by atoms with Crippen molar-refractivity contribution in [2.45, 2.75) is 6.10 Å². The minimum atomic E-state index is -0.625. The lowest BCUT2D eigenvalue weighted by Gasteiger charge is -2.34. The first-order chi connectivity index (χ1) is 11.7. The van der Waals surface area contributed by atoms with E-state index in [0.717, 1.165) is 18.7 Å². The Labute approximate surface area is 154 Å². The van der Waals surface area contributed by atoms with Crippen molar-refractivity contribution in [1.82, 2.24) is 9.80 Å². The molecule has 1 fully saturated rings. The Morgan fingerprint density at radius 3 is 2.48 bits per heavy atom. The third-order valence-corrected chi connectivity index (χ3v) is 4.20. The number of carbonyl (C=O) groups is 1. The summed E-state index contributed by atoms with van der Waals surface area (Å²) in [6.45, 7) is 3.37. The molecule has 0 radical (unpaired) electrons. The second-order valence-corrected chi connectivity index (χ2v) is 5.90.